The van der Waals surface area contributed by atoms with E-state index in [4.69, 9.17) is 5.26 Å². The van der Waals surface area contributed by atoms with Crippen LogP contribution in [0.5, 0.6) is 0 Å². The highest BCUT2D eigenvalue weighted by Gasteiger charge is 2.30. The molecule has 0 N–H and O–H groups in total. The van der Waals surface area contributed by atoms with Crippen LogP contribution in [0.25, 0.3) is 11.1 Å². The van der Waals surface area contributed by atoms with Crippen LogP contribution in [0.4, 0.5) is 5.82 Å². The lowest BCUT2D eigenvalue weighted by Gasteiger charge is -2.19. The maximum atomic E-state index is 12.6. The minimum atomic E-state index is -0.165. The summed E-state index contributed by atoms with van der Waals surface area (Å²) in [7, 11) is 1.70. The van der Waals surface area contributed by atoms with Crippen LogP contribution >= 0.6 is 0 Å². The maximum absolute atomic E-state index is 12.6. The molecular weight excluding hydrogens is 290 g/mol. The van der Waals surface area contributed by atoms with Gasteiger partial charge in [0.15, 0.2) is 12.0 Å². The van der Waals surface area contributed by atoms with E-state index in [9.17, 15) is 4.79 Å². The van der Waals surface area contributed by atoms with E-state index < -0.39 is 0 Å². The number of amides is 1. The van der Waals surface area contributed by atoms with Crippen LogP contribution in [-0.2, 0) is 4.79 Å². The van der Waals surface area contributed by atoms with E-state index in [1.807, 2.05) is 36.4 Å². The molecule has 2 heterocycles. The van der Waals surface area contributed by atoms with Crippen LogP contribution in [0.2, 0.25) is 0 Å². The van der Waals surface area contributed by atoms with Gasteiger partial charge in [0, 0.05) is 25.7 Å². The van der Waals surface area contributed by atoms with Gasteiger partial charge in [0.1, 0.15) is 0 Å². The molecule has 1 saturated heterocycles. The number of nitrogens with zero attached hydrogens (tertiary/aromatic N) is 5. The SMILES string of the molecule is CN(C(=O)[C@@H]1CCN(C#N)C1)c1cc(-c2ccccc2)cnn1. The largest absolute Gasteiger partial charge is 0.310 e. The number of rotatable bonds is 3. The molecule has 1 aliphatic rings. The second-order valence-electron chi connectivity index (χ2n) is 5.60. The van der Waals surface area contributed by atoms with E-state index in [0.717, 1.165) is 11.1 Å². The zero-order valence-corrected chi connectivity index (χ0v) is 12.9. The van der Waals surface area contributed by atoms with Crippen LogP contribution in [-0.4, -0.2) is 41.1 Å². The van der Waals surface area contributed by atoms with Crippen molar-refractivity contribution in [2.75, 3.05) is 25.0 Å². The maximum Gasteiger partial charge on any atom is 0.232 e. The Kier molecular flexibility index (Phi) is 4.20. The zero-order valence-electron chi connectivity index (χ0n) is 12.9. The number of carbonyl (C=O) groups excluding carboxylic acids is 1. The van der Waals surface area contributed by atoms with Crippen molar-refractivity contribution in [2.45, 2.75) is 6.42 Å². The third-order valence-electron chi connectivity index (χ3n) is 4.10. The quantitative estimate of drug-likeness (QED) is 0.810. The summed E-state index contributed by atoms with van der Waals surface area (Å²) in [5, 5.41) is 17.0. The Morgan fingerprint density at radius 1 is 1.35 bits per heavy atom. The van der Waals surface area contributed by atoms with Crippen LogP contribution in [0.1, 0.15) is 6.42 Å². The number of hydrogen-bond donors (Lipinski definition) is 0. The van der Waals surface area contributed by atoms with Gasteiger partial charge in [-0.25, -0.2) is 0 Å². The summed E-state index contributed by atoms with van der Waals surface area (Å²) in [5.74, 6) is 0.329. The summed E-state index contributed by atoms with van der Waals surface area (Å²) >= 11 is 0. The molecule has 0 bridgehead atoms. The van der Waals surface area contributed by atoms with Gasteiger partial charge < -0.3 is 4.90 Å². The van der Waals surface area contributed by atoms with Gasteiger partial charge in [0.2, 0.25) is 5.91 Å². The van der Waals surface area contributed by atoms with Crippen molar-refractivity contribution < 1.29 is 4.79 Å². The molecule has 0 radical (unpaired) electrons. The topological polar surface area (TPSA) is 73.1 Å². The van der Waals surface area contributed by atoms with Gasteiger partial charge in [-0.1, -0.05) is 30.3 Å². The zero-order chi connectivity index (χ0) is 16.2. The predicted octanol–water partition coefficient (Wildman–Crippen LogP) is 1.91. The van der Waals surface area contributed by atoms with Crippen molar-refractivity contribution in [3.8, 4) is 17.3 Å². The van der Waals surface area contributed by atoms with Gasteiger partial charge in [-0.15, -0.1) is 5.10 Å². The highest BCUT2D eigenvalue weighted by atomic mass is 16.2. The van der Waals surface area contributed by atoms with Crippen molar-refractivity contribution in [1.82, 2.24) is 15.1 Å². The van der Waals surface area contributed by atoms with E-state index >= 15 is 0 Å². The van der Waals surface area contributed by atoms with E-state index in [2.05, 4.69) is 16.4 Å². The summed E-state index contributed by atoms with van der Waals surface area (Å²) in [5.41, 5.74) is 1.95. The van der Waals surface area contributed by atoms with Gasteiger partial charge in [0.05, 0.1) is 12.1 Å². The number of benzene rings is 1. The first-order valence-corrected chi connectivity index (χ1v) is 7.49. The smallest absolute Gasteiger partial charge is 0.232 e. The molecule has 6 nitrogen and oxygen atoms in total. The van der Waals surface area contributed by atoms with E-state index in [1.54, 1.807) is 18.1 Å². The minimum absolute atomic E-state index is 0.0257. The van der Waals surface area contributed by atoms with Crippen molar-refractivity contribution in [1.29, 1.82) is 5.26 Å². The molecule has 1 aliphatic heterocycles. The fraction of sp³-hybridized carbons (Fsp3) is 0.294. The van der Waals surface area contributed by atoms with Gasteiger partial charge in [-0.2, -0.15) is 10.4 Å². The van der Waals surface area contributed by atoms with E-state index in [0.29, 0.717) is 25.3 Å². The Morgan fingerprint density at radius 3 is 2.83 bits per heavy atom. The van der Waals surface area contributed by atoms with Crippen molar-refractivity contribution >= 4 is 11.7 Å². The van der Waals surface area contributed by atoms with E-state index in [-0.39, 0.29) is 11.8 Å². The van der Waals surface area contributed by atoms with Crippen LogP contribution < -0.4 is 4.90 Å². The molecule has 0 unspecified atom stereocenters. The number of likely N-dealkylation sites (tertiary alicyclic amines) is 1. The first kappa shape index (κ1) is 15.0. The van der Waals surface area contributed by atoms with Crippen LogP contribution in [0.3, 0.4) is 0 Å². The number of nitriles is 1. The lowest BCUT2D eigenvalue weighted by molar-refractivity contribution is -0.121. The van der Waals surface area contributed by atoms with E-state index in [1.165, 1.54) is 4.90 Å². The third kappa shape index (κ3) is 3.14. The molecule has 1 fully saturated rings. The number of aromatic nitrogens is 2. The Bertz CT molecular complexity index is 740. The number of hydrogen-bond acceptors (Lipinski definition) is 5. The standard InChI is InChI=1S/C17H17N5O/c1-21(17(23)14-7-8-22(11-14)12-18)16-9-15(10-19-20-16)13-5-3-2-4-6-13/h2-6,9-10,14H,7-8,11H2,1H3/t14-/m1/s1. The molecule has 116 valence electrons. The highest BCUT2D eigenvalue weighted by molar-refractivity contribution is 5.94. The third-order valence-corrected chi connectivity index (χ3v) is 4.10. The van der Waals surface area contributed by atoms with Gasteiger partial charge in [-0.3, -0.25) is 9.69 Å². The molecule has 1 aromatic heterocycles. The molecule has 0 spiro atoms. The Hall–Kier alpha value is -2.94. The number of carbonyl (C=O) groups is 1. The summed E-state index contributed by atoms with van der Waals surface area (Å²) in [6.07, 6.45) is 4.47. The molecule has 23 heavy (non-hydrogen) atoms. The van der Waals surface area contributed by atoms with Crippen molar-refractivity contribution in [3.05, 3.63) is 42.6 Å². The average Bonchev–Trinajstić information content (AvgIpc) is 3.10. The minimum Gasteiger partial charge on any atom is -0.310 e. The molecular formula is C17H17N5O. The highest BCUT2D eigenvalue weighted by Crippen LogP contribution is 2.24. The van der Waals surface area contributed by atoms with Gasteiger partial charge >= 0.3 is 0 Å². The lowest BCUT2D eigenvalue weighted by Crippen LogP contribution is -2.34. The first-order chi connectivity index (χ1) is 11.2. The second kappa shape index (κ2) is 6.44. The molecule has 1 atom stereocenters. The second-order valence-corrected chi connectivity index (χ2v) is 5.60. The first-order valence-electron chi connectivity index (χ1n) is 7.49. The van der Waals surface area contributed by atoms with Crippen molar-refractivity contribution in [2.24, 2.45) is 5.92 Å². The van der Waals surface area contributed by atoms with Crippen LogP contribution in [0, 0.1) is 17.4 Å². The fourth-order valence-electron chi connectivity index (χ4n) is 2.75. The van der Waals surface area contributed by atoms with Crippen LogP contribution in [0.15, 0.2) is 42.6 Å². The summed E-state index contributed by atoms with van der Waals surface area (Å²) in [4.78, 5) is 15.7. The molecule has 2 aromatic rings. The summed E-state index contributed by atoms with van der Waals surface area (Å²) in [6, 6.07) is 11.7. The summed E-state index contributed by atoms with van der Waals surface area (Å²) in [6.45, 7) is 1.11. The van der Waals surface area contributed by atoms with Gasteiger partial charge in [0.25, 0.3) is 0 Å². The fourth-order valence-corrected chi connectivity index (χ4v) is 2.75. The van der Waals surface area contributed by atoms with Crippen molar-refractivity contribution in [3.63, 3.8) is 0 Å². The van der Waals surface area contributed by atoms with Gasteiger partial charge in [-0.05, 0) is 18.1 Å². The number of anilines is 1. The Labute approximate surface area is 135 Å². The molecule has 1 amide bonds. The lowest BCUT2D eigenvalue weighted by atomic mass is 10.1. The molecule has 1 aromatic carbocycles. The molecule has 3 rings (SSSR count). The molecule has 0 saturated carbocycles. The Morgan fingerprint density at radius 2 is 2.13 bits per heavy atom. The summed E-state index contributed by atoms with van der Waals surface area (Å²) < 4.78 is 0. The molecule has 6 heteroatoms. The monoisotopic (exact) mass is 307 g/mol. The predicted molar refractivity (Wildman–Crippen MR) is 86.2 cm³/mol. The molecule has 0 aliphatic carbocycles. The normalized spacial score (nSPS) is 16.9. The Balaban J connectivity index is 1.79. The average molecular weight is 307 g/mol.